The van der Waals surface area contributed by atoms with Gasteiger partial charge in [-0.1, -0.05) is 25.1 Å². The largest absolute Gasteiger partial charge is 0.481 e. The Morgan fingerprint density at radius 2 is 1.96 bits per heavy atom. The fourth-order valence-corrected chi connectivity index (χ4v) is 3.20. The van der Waals surface area contributed by atoms with Gasteiger partial charge in [-0.2, -0.15) is 13.2 Å². The molecule has 1 fully saturated rings. The van der Waals surface area contributed by atoms with E-state index >= 15 is 0 Å². The van der Waals surface area contributed by atoms with E-state index in [4.69, 9.17) is 5.11 Å². The van der Waals surface area contributed by atoms with E-state index in [0.717, 1.165) is 6.07 Å². The lowest BCUT2D eigenvalue weighted by atomic mass is 9.92. The predicted molar refractivity (Wildman–Crippen MR) is 81.4 cm³/mol. The van der Waals surface area contributed by atoms with E-state index in [0.29, 0.717) is 19.3 Å². The fraction of sp³-hybridized carbons (Fsp3) is 0.529. The maximum atomic E-state index is 13.0. The molecule has 1 saturated carbocycles. The first-order chi connectivity index (χ1) is 11.2. The molecule has 1 aliphatic carbocycles. The second-order valence-corrected chi connectivity index (χ2v) is 6.30. The van der Waals surface area contributed by atoms with E-state index in [1.54, 1.807) is 6.92 Å². The maximum absolute atomic E-state index is 13.0. The third-order valence-electron chi connectivity index (χ3n) is 4.44. The van der Waals surface area contributed by atoms with Crippen LogP contribution in [0.1, 0.15) is 49.7 Å². The summed E-state index contributed by atoms with van der Waals surface area (Å²) < 4.78 is 39.1. The van der Waals surface area contributed by atoms with E-state index < -0.39 is 29.5 Å². The molecule has 1 aromatic rings. The molecule has 2 rings (SSSR count). The molecule has 4 nitrogen and oxygen atoms in total. The lowest BCUT2D eigenvalue weighted by Crippen LogP contribution is -2.34. The van der Waals surface area contributed by atoms with Crippen LogP contribution in [0.2, 0.25) is 0 Å². The molecule has 0 saturated heterocycles. The molecule has 1 unspecified atom stereocenters. The van der Waals surface area contributed by atoms with Crippen molar-refractivity contribution in [1.82, 2.24) is 5.32 Å². The molecule has 1 aliphatic rings. The molecule has 24 heavy (non-hydrogen) atoms. The van der Waals surface area contributed by atoms with Crippen LogP contribution in [0.4, 0.5) is 13.2 Å². The molecule has 0 radical (unpaired) electrons. The highest BCUT2D eigenvalue weighted by Crippen LogP contribution is 2.36. The number of alkyl halides is 3. The number of aliphatic carboxylic acids is 1. The molecule has 0 spiro atoms. The Kier molecular flexibility index (Phi) is 5.51. The van der Waals surface area contributed by atoms with Gasteiger partial charge in [0.05, 0.1) is 11.5 Å². The Morgan fingerprint density at radius 3 is 2.54 bits per heavy atom. The summed E-state index contributed by atoms with van der Waals surface area (Å²) in [5.74, 6) is -2.27. The number of carboxylic acids is 1. The van der Waals surface area contributed by atoms with Crippen LogP contribution in [-0.4, -0.2) is 23.0 Å². The maximum Gasteiger partial charge on any atom is 0.416 e. The van der Waals surface area contributed by atoms with E-state index in [9.17, 15) is 22.8 Å². The van der Waals surface area contributed by atoms with Crippen LogP contribution >= 0.6 is 0 Å². The molecule has 3 atom stereocenters. The number of hydrogen-bond acceptors (Lipinski definition) is 2. The van der Waals surface area contributed by atoms with Crippen molar-refractivity contribution in [1.29, 1.82) is 0 Å². The highest BCUT2D eigenvalue weighted by Gasteiger charge is 2.35. The van der Waals surface area contributed by atoms with Crippen molar-refractivity contribution in [3.05, 3.63) is 35.4 Å². The van der Waals surface area contributed by atoms with Crippen LogP contribution < -0.4 is 5.32 Å². The number of nitrogens with one attached hydrogen (secondary N) is 1. The molecule has 0 aliphatic heterocycles. The molecule has 7 heteroatoms. The zero-order valence-electron chi connectivity index (χ0n) is 13.3. The number of halogens is 3. The molecule has 0 aromatic heterocycles. The van der Waals surface area contributed by atoms with Crippen molar-refractivity contribution >= 4 is 11.9 Å². The summed E-state index contributed by atoms with van der Waals surface area (Å²) in [6.07, 6.45) is -3.07. The molecule has 2 N–H and O–H groups in total. The van der Waals surface area contributed by atoms with Gasteiger partial charge >= 0.3 is 12.1 Å². The second kappa shape index (κ2) is 7.23. The quantitative estimate of drug-likeness (QED) is 0.859. The number of carboxylic acid groups (broad SMARTS) is 1. The third kappa shape index (κ3) is 4.49. The number of hydrogen-bond donors (Lipinski definition) is 2. The predicted octanol–water partition coefficient (Wildman–Crippen LogP) is 3.57. The number of carbonyl (C=O) groups excluding carboxylic acids is 1. The van der Waals surface area contributed by atoms with Gasteiger partial charge in [0, 0.05) is 12.5 Å². The van der Waals surface area contributed by atoms with Gasteiger partial charge in [0.1, 0.15) is 0 Å². The Hall–Kier alpha value is -2.05. The van der Waals surface area contributed by atoms with Crippen molar-refractivity contribution in [3.63, 3.8) is 0 Å². The van der Waals surface area contributed by atoms with Gasteiger partial charge in [-0.05, 0) is 36.8 Å². The average Bonchev–Trinajstić information content (AvgIpc) is 2.95. The van der Waals surface area contributed by atoms with Gasteiger partial charge in [-0.25, -0.2) is 0 Å². The molecular formula is C17H20F3NO3. The first-order valence-electron chi connectivity index (χ1n) is 7.86. The Morgan fingerprint density at radius 1 is 1.29 bits per heavy atom. The van der Waals surface area contributed by atoms with Crippen molar-refractivity contribution in [2.24, 2.45) is 5.92 Å². The van der Waals surface area contributed by atoms with Crippen LogP contribution in [0.25, 0.3) is 0 Å². The van der Waals surface area contributed by atoms with Crippen molar-refractivity contribution in [2.45, 2.75) is 50.7 Å². The number of rotatable bonds is 5. The van der Waals surface area contributed by atoms with Gasteiger partial charge in [0.2, 0.25) is 5.91 Å². The molecule has 0 bridgehead atoms. The molecule has 1 amide bonds. The minimum absolute atomic E-state index is 0.0681. The van der Waals surface area contributed by atoms with Gasteiger partial charge in [0.25, 0.3) is 0 Å². The van der Waals surface area contributed by atoms with Gasteiger partial charge in [-0.3, -0.25) is 9.59 Å². The summed E-state index contributed by atoms with van der Waals surface area (Å²) in [5.41, 5.74) is -0.632. The monoisotopic (exact) mass is 343 g/mol. The Labute approximate surface area is 138 Å². The van der Waals surface area contributed by atoms with Crippen LogP contribution in [0, 0.1) is 5.92 Å². The lowest BCUT2D eigenvalue weighted by Gasteiger charge is -2.19. The summed E-state index contributed by atoms with van der Waals surface area (Å²) in [6, 6.07) is 5.02. The minimum atomic E-state index is -4.46. The van der Waals surface area contributed by atoms with Crippen molar-refractivity contribution in [2.75, 3.05) is 0 Å². The zero-order chi connectivity index (χ0) is 17.9. The third-order valence-corrected chi connectivity index (χ3v) is 4.44. The Balaban J connectivity index is 1.97. The van der Waals surface area contributed by atoms with E-state index in [1.165, 1.54) is 18.2 Å². The highest BCUT2D eigenvalue weighted by molar-refractivity contribution is 5.77. The molecule has 0 heterocycles. The standard InChI is InChI=1S/C17H20F3NO3/c1-10(13-4-2-3-5-14(13)17(18,19)20)8-15(22)21-12-7-6-11(9-12)16(23)24/h2-5,10-12H,6-9H2,1H3,(H,21,22)(H,23,24)/t10?,11-,12+/m0/s1. The summed E-state index contributed by atoms with van der Waals surface area (Å²) in [6.45, 7) is 1.58. The minimum Gasteiger partial charge on any atom is -0.481 e. The van der Waals surface area contributed by atoms with Crippen LogP contribution in [0.3, 0.4) is 0 Å². The van der Waals surface area contributed by atoms with Crippen molar-refractivity contribution in [3.8, 4) is 0 Å². The Bertz CT molecular complexity index is 615. The second-order valence-electron chi connectivity index (χ2n) is 6.30. The van der Waals surface area contributed by atoms with Crippen LogP contribution in [0.15, 0.2) is 24.3 Å². The van der Waals surface area contributed by atoms with E-state index in [2.05, 4.69) is 5.32 Å². The normalized spacial score (nSPS) is 22.2. The lowest BCUT2D eigenvalue weighted by molar-refractivity contribution is -0.141. The fourth-order valence-electron chi connectivity index (χ4n) is 3.20. The highest BCUT2D eigenvalue weighted by atomic mass is 19.4. The number of amides is 1. The number of benzene rings is 1. The van der Waals surface area contributed by atoms with E-state index in [1.807, 2.05) is 0 Å². The smallest absolute Gasteiger partial charge is 0.416 e. The zero-order valence-corrected chi connectivity index (χ0v) is 13.3. The summed E-state index contributed by atoms with van der Waals surface area (Å²) in [4.78, 5) is 23.0. The summed E-state index contributed by atoms with van der Waals surface area (Å²) in [5, 5.41) is 11.7. The molecule has 1 aromatic carbocycles. The summed E-state index contributed by atoms with van der Waals surface area (Å²) >= 11 is 0. The summed E-state index contributed by atoms with van der Waals surface area (Å²) in [7, 11) is 0. The van der Waals surface area contributed by atoms with Crippen LogP contribution in [0.5, 0.6) is 0 Å². The topological polar surface area (TPSA) is 66.4 Å². The number of carbonyl (C=O) groups is 2. The van der Waals surface area contributed by atoms with Crippen LogP contribution in [-0.2, 0) is 15.8 Å². The van der Waals surface area contributed by atoms with E-state index in [-0.39, 0.29) is 23.9 Å². The molecular weight excluding hydrogens is 323 g/mol. The van der Waals surface area contributed by atoms with Gasteiger partial charge < -0.3 is 10.4 Å². The average molecular weight is 343 g/mol. The van der Waals surface area contributed by atoms with Gasteiger partial charge in [0.15, 0.2) is 0 Å². The van der Waals surface area contributed by atoms with Gasteiger partial charge in [-0.15, -0.1) is 0 Å². The first-order valence-corrected chi connectivity index (χ1v) is 7.86. The SMILES string of the molecule is CC(CC(=O)N[C@@H]1CC[C@H](C(=O)O)C1)c1ccccc1C(F)(F)F. The molecule has 132 valence electrons. The van der Waals surface area contributed by atoms with Crippen molar-refractivity contribution < 1.29 is 27.9 Å². The first kappa shape index (κ1) is 18.3.